The predicted molar refractivity (Wildman–Crippen MR) is 88.1 cm³/mol. The third-order valence-electron chi connectivity index (χ3n) is 4.10. The van der Waals surface area contributed by atoms with Gasteiger partial charge in [0.05, 0.1) is 12.0 Å². The van der Waals surface area contributed by atoms with Gasteiger partial charge >= 0.3 is 0 Å². The lowest BCUT2D eigenvalue weighted by atomic mass is 10.0. The number of hydrogen-bond acceptors (Lipinski definition) is 6. The summed E-state index contributed by atoms with van der Waals surface area (Å²) in [6.45, 7) is 7.37. The average molecular weight is 314 g/mol. The molecule has 1 fully saturated rings. The zero-order valence-corrected chi connectivity index (χ0v) is 13.4. The fourth-order valence-corrected chi connectivity index (χ4v) is 2.65. The minimum absolute atomic E-state index is 0.239. The Morgan fingerprint density at radius 2 is 2.13 bits per heavy atom. The Morgan fingerprint density at radius 3 is 2.78 bits per heavy atom. The number of pyridine rings is 1. The maximum Gasteiger partial charge on any atom is 0.230 e. The van der Waals surface area contributed by atoms with Crippen LogP contribution in [0.1, 0.15) is 32.1 Å². The van der Waals surface area contributed by atoms with Crippen molar-refractivity contribution in [3.63, 3.8) is 0 Å². The highest BCUT2D eigenvalue weighted by Crippen LogP contribution is 2.22. The first kappa shape index (κ1) is 15.7. The van der Waals surface area contributed by atoms with E-state index in [2.05, 4.69) is 26.6 Å². The van der Waals surface area contributed by atoms with E-state index in [1.165, 1.54) is 25.3 Å². The summed E-state index contributed by atoms with van der Waals surface area (Å²) in [6.07, 6.45) is 7.22. The Morgan fingerprint density at radius 1 is 1.35 bits per heavy atom. The lowest BCUT2D eigenvalue weighted by molar-refractivity contribution is 0.102. The Labute approximate surface area is 135 Å². The second-order valence-electron chi connectivity index (χ2n) is 6.20. The Kier molecular flexibility index (Phi) is 4.43. The molecule has 0 radical (unpaired) electrons. The van der Waals surface area contributed by atoms with Crippen molar-refractivity contribution in [1.82, 2.24) is 15.1 Å². The molecule has 0 bridgehead atoms. The van der Waals surface area contributed by atoms with Crippen molar-refractivity contribution in [2.24, 2.45) is 0 Å². The van der Waals surface area contributed by atoms with Gasteiger partial charge in [0, 0.05) is 24.8 Å². The molecule has 3 heterocycles. The van der Waals surface area contributed by atoms with Crippen LogP contribution in [0.4, 0.5) is 5.82 Å². The van der Waals surface area contributed by atoms with E-state index in [1.807, 2.05) is 12.1 Å². The molecule has 0 saturated carbocycles. The second kappa shape index (κ2) is 6.50. The summed E-state index contributed by atoms with van der Waals surface area (Å²) in [5, 5.41) is 13.9. The van der Waals surface area contributed by atoms with E-state index in [0.717, 1.165) is 24.5 Å². The van der Waals surface area contributed by atoms with Gasteiger partial charge in [-0.1, -0.05) is 11.2 Å². The first-order chi connectivity index (χ1) is 11.1. The molecule has 1 N–H and O–H groups in total. The molecule has 1 saturated heterocycles. The summed E-state index contributed by atoms with van der Waals surface area (Å²) in [6, 6.07) is 3.95. The maximum atomic E-state index is 9.97. The number of aromatic nitrogens is 3. The topological polar surface area (TPSA) is 75.3 Å². The van der Waals surface area contributed by atoms with Crippen molar-refractivity contribution in [1.29, 1.82) is 0 Å². The molecule has 3 rings (SSSR count). The fraction of sp³-hybridized carbons (Fsp3) is 0.471. The van der Waals surface area contributed by atoms with Gasteiger partial charge in [0.25, 0.3) is 0 Å². The second-order valence-corrected chi connectivity index (χ2v) is 6.20. The number of nitrogens with zero attached hydrogens (tertiary/aromatic N) is 4. The molecule has 1 atom stereocenters. The van der Waals surface area contributed by atoms with Gasteiger partial charge in [-0.2, -0.15) is 4.98 Å². The van der Waals surface area contributed by atoms with Gasteiger partial charge in [-0.25, -0.2) is 4.98 Å². The van der Waals surface area contributed by atoms with Gasteiger partial charge in [-0.05, 0) is 38.3 Å². The summed E-state index contributed by atoms with van der Waals surface area (Å²) in [5.74, 6) is 1.86. The van der Waals surface area contributed by atoms with Crippen molar-refractivity contribution in [2.75, 3.05) is 18.0 Å². The largest absolute Gasteiger partial charge is 0.386 e. The molecule has 0 aliphatic carbocycles. The summed E-state index contributed by atoms with van der Waals surface area (Å²) in [4.78, 5) is 11.1. The molecule has 6 nitrogen and oxygen atoms in total. The van der Waals surface area contributed by atoms with Crippen LogP contribution >= 0.6 is 0 Å². The van der Waals surface area contributed by atoms with Crippen LogP contribution in [-0.2, 0) is 6.42 Å². The van der Waals surface area contributed by atoms with Gasteiger partial charge < -0.3 is 14.5 Å². The molecule has 0 amide bonds. The van der Waals surface area contributed by atoms with Gasteiger partial charge in [0.1, 0.15) is 5.82 Å². The maximum absolute atomic E-state index is 9.97. The molecule has 0 spiro atoms. The van der Waals surface area contributed by atoms with Crippen LogP contribution in [0.15, 0.2) is 35.5 Å². The Balaban J connectivity index is 1.72. The summed E-state index contributed by atoms with van der Waals surface area (Å²) < 4.78 is 5.20. The highest BCUT2D eigenvalue weighted by molar-refractivity contribution is 5.55. The lowest BCUT2D eigenvalue weighted by Gasteiger charge is -2.27. The van der Waals surface area contributed by atoms with Crippen LogP contribution in [-0.4, -0.2) is 38.9 Å². The SMILES string of the molecule is C=CC(C)(O)Cc1nc(-c2ccc(N3CCCCC3)nc2)no1. The van der Waals surface area contributed by atoms with Crippen LogP contribution in [0.5, 0.6) is 0 Å². The number of piperidine rings is 1. The third-order valence-corrected chi connectivity index (χ3v) is 4.10. The first-order valence-corrected chi connectivity index (χ1v) is 7.97. The van der Waals surface area contributed by atoms with Crippen LogP contribution < -0.4 is 4.90 Å². The number of anilines is 1. The highest BCUT2D eigenvalue weighted by atomic mass is 16.5. The first-order valence-electron chi connectivity index (χ1n) is 7.97. The number of aliphatic hydroxyl groups is 1. The molecule has 2 aromatic rings. The molecule has 23 heavy (non-hydrogen) atoms. The molecule has 122 valence electrons. The van der Waals surface area contributed by atoms with E-state index in [-0.39, 0.29) is 6.42 Å². The van der Waals surface area contributed by atoms with Crippen molar-refractivity contribution in [2.45, 2.75) is 38.2 Å². The molecule has 6 heteroatoms. The van der Waals surface area contributed by atoms with Crippen LogP contribution in [0, 0.1) is 0 Å². The average Bonchev–Trinajstić information content (AvgIpc) is 3.03. The Hall–Kier alpha value is -2.21. The Bertz CT molecular complexity index is 657. The minimum atomic E-state index is -1.06. The van der Waals surface area contributed by atoms with Crippen molar-refractivity contribution in [3.8, 4) is 11.4 Å². The molecular formula is C17H22N4O2. The van der Waals surface area contributed by atoms with Crippen molar-refractivity contribution in [3.05, 3.63) is 36.9 Å². The van der Waals surface area contributed by atoms with Gasteiger partial charge in [0.2, 0.25) is 11.7 Å². The molecular weight excluding hydrogens is 292 g/mol. The molecule has 2 aromatic heterocycles. The predicted octanol–water partition coefficient (Wildman–Crippen LogP) is 2.60. The molecule has 0 aromatic carbocycles. The highest BCUT2D eigenvalue weighted by Gasteiger charge is 2.21. The molecule has 1 aliphatic heterocycles. The van der Waals surface area contributed by atoms with Crippen LogP contribution in [0.3, 0.4) is 0 Å². The van der Waals surface area contributed by atoms with Crippen LogP contribution in [0.25, 0.3) is 11.4 Å². The molecule has 1 aliphatic rings. The number of rotatable bonds is 5. The summed E-state index contributed by atoms with van der Waals surface area (Å²) >= 11 is 0. The van der Waals surface area contributed by atoms with Gasteiger partial charge in [0.15, 0.2) is 0 Å². The van der Waals surface area contributed by atoms with Gasteiger partial charge in [-0.15, -0.1) is 6.58 Å². The van der Waals surface area contributed by atoms with Gasteiger partial charge in [-0.3, -0.25) is 0 Å². The normalized spacial score (nSPS) is 17.7. The summed E-state index contributed by atoms with van der Waals surface area (Å²) in [5.41, 5.74) is -0.251. The zero-order chi connectivity index (χ0) is 16.3. The fourth-order valence-electron chi connectivity index (χ4n) is 2.65. The van der Waals surface area contributed by atoms with E-state index < -0.39 is 5.60 Å². The quantitative estimate of drug-likeness (QED) is 0.855. The zero-order valence-electron chi connectivity index (χ0n) is 13.4. The lowest BCUT2D eigenvalue weighted by Crippen LogP contribution is -2.29. The third kappa shape index (κ3) is 3.76. The van der Waals surface area contributed by atoms with E-state index in [0.29, 0.717) is 11.7 Å². The van der Waals surface area contributed by atoms with E-state index in [1.54, 1.807) is 13.1 Å². The molecule has 1 unspecified atom stereocenters. The monoisotopic (exact) mass is 314 g/mol. The minimum Gasteiger partial charge on any atom is -0.386 e. The van der Waals surface area contributed by atoms with Crippen molar-refractivity contribution >= 4 is 5.82 Å². The van der Waals surface area contributed by atoms with Crippen molar-refractivity contribution < 1.29 is 9.63 Å². The van der Waals surface area contributed by atoms with Crippen LogP contribution in [0.2, 0.25) is 0 Å². The standard InChI is InChI=1S/C17H22N4O2/c1-3-17(2,22)11-15-19-16(20-23-15)13-7-8-14(18-12-13)21-9-5-4-6-10-21/h3,7-8,12,22H,1,4-6,9-11H2,2H3. The van der Waals surface area contributed by atoms with E-state index >= 15 is 0 Å². The number of hydrogen-bond donors (Lipinski definition) is 1. The summed E-state index contributed by atoms with van der Waals surface area (Å²) in [7, 11) is 0. The van der Waals surface area contributed by atoms with E-state index in [9.17, 15) is 5.11 Å². The van der Waals surface area contributed by atoms with E-state index in [4.69, 9.17) is 4.52 Å². The smallest absolute Gasteiger partial charge is 0.230 e.